The quantitative estimate of drug-likeness (QED) is 0.306. The van der Waals surface area contributed by atoms with Gasteiger partial charge in [0.2, 0.25) is 0 Å². The van der Waals surface area contributed by atoms with Crippen molar-refractivity contribution in [3.05, 3.63) is 88.7 Å². The summed E-state index contributed by atoms with van der Waals surface area (Å²) in [5.74, 6) is 0.761. The highest BCUT2D eigenvalue weighted by molar-refractivity contribution is 6.02. The Labute approximate surface area is 272 Å². The van der Waals surface area contributed by atoms with Crippen LogP contribution in [0.25, 0.3) is 0 Å². The third-order valence-corrected chi connectivity index (χ3v) is 8.59. The van der Waals surface area contributed by atoms with Gasteiger partial charge in [-0.15, -0.1) is 0 Å². The van der Waals surface area contributed by atoms with Crippen molar-refractivity contribution in [3.63, 3.8) is 0 Å². The Bertz CT molecular complexity index is 1500. The van der Waals surface area contributed by atoms with Gasteiger partial charge in [-0.05, 0) is 82.8 Å². The summed E-state index contributed by atoms with van der Waals surface area (Å²) < 4.78 is 11.4. The van der Waals surface area contributed by atoms with Crippen LogP contribution >= 0.6 is 0 Å². The molecule has 1 saturated heterocycles. The molecule has 2 N–H and O–H groups in total. The Morgan fingerprint density at radius 2 is 1.83 bits per heavy atom. The second-order valence-electron chi connectivity index (χ2n) is 13.3. The van der Waals surface area contributed by atoms with E-state index < -0.39 is 17.9 Å². The van der Waals surface area contributed by atoms with Crippen LogP contribution in [0.15, 0.2) is 60.8 Å². The first-order valence-electron chi connectivity index (χ1n) is 16.1. The minimum atomic E-state index is -0.683. The molecule has 2 amide bonds. The van der Waals surface area contributed by atoms with Gasteiger partial charge in [0, 0.05) is 24.8 Å². The molecule has 0 spiro atoms. The third-order valence-electron chi connectivity index (χ3n) is 8.59. The Morgan fingerprint density at radius 3 is 2.50 bits per heavy atom. The summed E-state index contributed by atoms with van der Waals surface area (Å²) in [4.78, 5) is 37.8. The van der Waals surface area contributed by atoms with Crippen LogP contribution in [-0.2, 0) is 24.4 Å². The highest BCUT2D eigenvalue weighted by Crippen LogP contribution is 2.32. The van der Waals surface area contributed by atoms with Crippen molar-refractivity contribution in [1.29, 1.82) is 0 Å². The summed E-state index contributed by atoms with van der Waals surface area (Å²) in [5, 5.41) is 13.7. The number of aliphatic hydroxyl groups excluding tert-OH is 1. The molecule has 10 heteroatoms. The maximum absolute atomic E-state index is 13.9. The topological polar surface area (TPSA) is 107 Å². The van der Waals surface area contributed by atoms with E-state index in [2.05, 4.69) is 39.5 Å². The molecule has 246 valence electrons. The van der Waals surface area contributed by atoms with E-state index >= 15 is 0 Å². The maximum Gasteiger partial charge on any atom is 0.410 e. The van der Waals surface area contributed by atoms with Gasteiger partial charge in [-0.1, -0.05) is 42.5 Å². The number of methoxy groups -OCH3 is 1. The average Bonchev–Trinajstić information content (AvgIpc) is 3.03. The lowest BCUT2D eigenvalue weighted by Crippen LogP contribution is -2.51. The first-order valence-corrected chi connectivity index (χ1v) is 16.1. The fourth-order valence-electron chi connectivity index (χ4n) is 6.19. The standard InChI is InChI=1S/C36H47N5O5/c1-25-11-12-28(31(19-25)45-5)22-41-32(24-42)38-33-29(34(41)43)13-16-37-30(33)23-40(35(44)46-36(2,3)4)21-27-14-17-39(18-15-27)20-26-9-7-6-8-10-26/h6-13,16,19,27,32,38,42H,14-15,17-18,20-24H2,1-5H3. The van der Waals surface area contributed by atoms with Gasteiger partial charge in [-0.3, -0.25) is 14.7 Å². The van der Waals surface area contributed by atoms with Gasteiger partial charge in [0.1, 0.15) is 17.5 Å². The summed E-state index contributed by atoms with van der Waals surface area (Å²) >= 11 is 0. The summed E-state index contributed by atoms with van der Waals surface area (Å²) in [6, 6.07) is 18.0. The van der Waals surface area contributed by atoms with Gasteiger partial charge in [-0.2, -0.15) is 0 Å². The van der Waals surface area contributed by atoms with E-state index in [9.17, 15) is 14.7 Å². The molecule has 5 rings (SSSR count). The molecule has 1 atom stereocenters. The summed E-state index contributed by atoms with van der Waals surface area (Å²) in [5.41, 5.74) is 4.07. The number of fused-ring (bicyclic) bond motifs is 1. The molecule has 0 saturated carbocycles. The predicted octanol–water partition coefficient (Wildman–Crippen LogP) is 5.43. The van der Waals surface area contributed by atoms with Gasteiger partial charge in [-0.25, -0.2) is 4.79 Å². The first kappa shape index (κ1) is 33.2. The van der Waals surface area contributed by atoms with Crippen molar-refractivity contribution in [3.8, 4) is 5.75 Å². The van der Waals surface area contributed by atoms with Gasteiger partial charge >= 0.3 is 6.09 Å². The van der Waals surface area contributed by atoms with E-state index in [1.807, 2.05) is 52.0 Å². The molecule has 2 aliphatic heterocycles. The number of likely N-dealkylation sites (tertiary alicyclic amines) is 1. The van der Waals surface area contributed by atoms with Crippen LogP contribution in [0, 0.1) is 12.8 Å². The molecule has 1 aromatic heterocycles. The van der Waals surface area contributed by atoms with E-state index in [1.165, 1.54) is 5.56 Å². The van der Waals surface area contributed by atoms with Crippen LogP contribution in [0.4, 0.5) is 10.5 Å². The summed E-state index contributed by atoms with van der Waals surface area (Å²) in [6.07, 6.45) is 2.44. The Balaban J connectivity index is 1.33. The van der Waals surface area contributed by atoms with Crippen molar-refractivity contribution in [2.75, 3.05) is 38.7 Å². The summed E-state index contributed by atoms with van der Waals surface area (Å²) in [6.45, 7) is 11.0. The number of ether oxygens (including phenoxy) is 2. The molecule has 2 aromatic carbocycles. The largest absolute Gasteiger partial charge is 0.496 e. The number of piperidine rings is 1. The SMILES string of the molecule is COc1cc(C)ccc1CN1C(=O)c2ccnc(CN(CC3CCN(Cc4ccccc4)CC3)C(=O)OC(C)(C)C)c2NC1CO. The highest BCUT2D eigenvalue weighted by atomic mass is 16.6. The average molecular weight is 630 g/mol. The molecular weight excluding hydrogens is 582 g/mol. The molecule has 2 aliphatic rings. The van der Waals surface area contributed by atoms with E-state index in [0.29, 0.717) is 35.2 Å². The van der Waals surface area contributed by atoms with Crippen molar-refractivity contribution >= 4 is 17.7 Å². The molecule has 1 unspecified atom stereocenters. The van der Waals surface area contributed by atoms with Crippen LogP contribution in [-0.4, -0.2) is 81.9 Å². The number of nitrogens with zero attached hydrogens (tertiary/aromatic N) is 4. The normalized spacial score (nSPS) is 17.3. The van der Waals surface area contributed by atoms with Crippen LogP contribution < -0.4 is 10.1 Å². The number of carbonyl (C=O) groups excluding carboxylic acids is 2. The number of aromatic nitrogens is 1. The third kappa shape index (κ3) is 8.16. The van der Waals surface area contributed by atoms with Gasteiger partial charge in [0.25, 0.3) is 5.91 Å². The van der Waals surface area contributed by atoms with Gasteiger partial charge in [0.05, 0.1) is 43.8 Å². The van der Waals surface area contributed by atoms with Crippen molar-refractivity contribution < 1.29 is 24.2 Å². The van der Waals surface area contributed by atoms with E-state index in [-0.39, 0.29) is 25.6 Å². The molecule has 0 radical (unpaired) electrons. The lowest BCUT2D eigenvalue weighted by molar-refractivity contribution is 0.0172. The number of hydrogen-bond donors (Lipinski definition) is 2. The Hall–Kier alpha value is -4.15. The monoisotopic (exact) mass is 629 g/mol. The zero-order valence-electron chi connectivity index (χ0n) is 27.7. The van der Waals surface area contributed by atoms with Crippen LogP contribution in [0.1, 0.15) is 66.4 Å². The van der Waals surface area contributed by atoms with Crippen molar-refractivity contribution in [1.82, 2.24) is 19.7 Å². The number of aryl methyl sites for hydroxylation is 1. The van der Waals surface area contributed by atoms with Gasteiger partial charge < -0.3 is 29.7 Å². The molecule has 0 aliphatic carbocycles. The molecule has 0 bridgehead atoms. The van der Waals surface area contributed by atoms with Gasteiger partial charge in [0.15, 0.2) is 0 Å². The fourth-order valence-corrected chi connectivity index (χ4v) is 6.19. The number of aliphatic hydroxyl groups is 1. The van der Waals surface area contributed by atoms with E-state index in [4.69, 9.17) is 9.47 Å². The number of benzene rings is 2. The number of anilines is 1. The maximum atomic E-state index is 13.9. The number of pyridine rings is 1. The van der Waals surface area contributed by atoms with E-state index in [0.717, 1.165) is 43.6 Å². The zero-order valence-corrected chi connectivity index (χ0v) is 27.7. The Morgan fingerprint density at radius 1 is 1.09 bits per heavy atom. The molecule has 3 heterocycles. The minimum Gasteiger partial charge on any atom is -0.496 e. The molecule has 46 heavy (non-hydrogen) atoms. The smallest absolute Gasteiger partial charge is 0.410 e. The zero-order chi connectivity index (χ0) is 32.8. The highest BCUT2D eigenvalue weighted by Gasteiger charge is 2.35. The van der Waals surface area contributed by atoms with Crippen LogP contribution in [0.2, 0.25) is 0 Å². The molecule has 1 fully saturated rings. The van der Waals surface area contributed by atoms with Crippen LogP contribution in [0.3, 0.4) is 0 Å². The summed E-state index contributed by atoms with van der Waals surface area (Å²) in [7, 11) is 1.61. The second kappa shape index (κ2) is 14.5. The van der Waals surface area contributed by atoms with E-state index in [1.54, 1.807) is 29.2 Å². The lowest BCUT2D eigenvalue weighted by atomic mass is 9.95. The van der Waals surface area contributed by atoms with Crippen LogP contribution in [0.5, 0.6) is 5.75 Å². The number of amides is 2. The molecule has 10 nitrogen and oxygen atoms in total. The molecule has 3 aromatic rings. The minimum absolute atomic E-state index is 0.173. The lowest BCUT2D eigenvalue weighted by Gasteiger charge is -2.38. The molecular formula is C36H47N5O5. The predicted molar refractivity (Wildman–Crippen MR) is 177 cm³/mol. The van der Waals surface area contributed by atoms with Crippen molar-refractivity contribution in [2.45, 2.75) is 71.9 Å². The first-order chi connectivity index (χ1) is 22.0. The fraction of sp³-hybridized carbons (Fsp3) is 0.472. The second-order valence-corrected chi connectivity index (χ2v) is 13.3. The van der Waals surface area contributed by atoms with Crippen molar-refractivity contribution in [2.24, 2.45) is 5.92 Å². The number of rotatable bonds is 10. The number of hydrogen-bond acceptors (Lipinski definition) is 8. The number of nitrogens with one attached hydrogen (secondary N) is 1. The Kier molecular flexibility index (Phi) is 10.5. The number of carbonyl (C=O) groups is 2.